The molecule has 0 aliphatic rings. The molecular formula is C13H12BrNO2S. The Balaban J connectivity index is 2.13. The SMILES string of the molecule is O=C(N[C@H](CO)c1ccccc1)c1sccc1Br. The largest absolute Gasteiger partial charge is 0.394 e. The van der Waals surface area contributed by atoms with Crippen LogP contribution >= 0.6 is 27.3 Å². The molecule has 18 heavy (non-hydrogen) atoms. The third-order valence-electron chi connectivity index (χ3n) is 2.51. The van der Waals surface area contributed by atoms with Gasteiger partial charge in [-0.3, -0.25) is 4.79 Å². The highest BCUT2D eigenvalue weighted by Crippen LogP contribution is 2.23. The van der Waals surface area contributed by atoms with Gasteiger partial charge in [0.15, 0.2) is 0 Å². The van der Waals surface area contributed by atoms with Crippen LogP contribution in [0.2, 0.25) is 0 Å². The predicted molar refractivity (Wildman–Crippen MR) is 75.8 cm³/mol. The Labute approximate surface area is 118 Å². The van der Waals surface area contributed by atoms with Crippen molar-refractivity contribution in [3.8, 4) is 0 Å². The van der Waals surface area contributed by atoms with E-state index < -0.39 is 0 Å². The van der Waals surface area contributed by atoms with Gasteiger partial charge in [-0.1, -0.05) is 30.3 Å². The second-order valence-electron chi connectivity index (χ2n) is 3.72. The smallest absolute Gasteiger partial charge is 0.263 e. The lowest BCUT2D eigenvalue weighted by Gasteiger charge is -2.16. The average Bonchev–Trinajstić information content (AvgIpc) is 2.83. The number of rotatable bonds is 4. The zero-order chi connectivity index (χ0) is 13.0. The Morgan fingerprint density at radius 2 is 2.06 bits per heavy atom. The molecule has 2 rings (SSSR count). The van der Waals surface area contributed by atoms with E-state index in [0.29, 0.717) is 4.88 Å². The summed E-state index contributed by atoms with van der Waals surface area (Å²) in [5.74, 6) is -0.181. The number of carbonyl (C=O) groups is 1. The summed E-state index contributed by atoms with van der Waals surface area (Å²) in [6.07, 6.45) is 0. The van der Waals surface area contributed by atoms with Crippen molar-refractivity contribution in [1.29, 1.82) is 0 Å². The van der Waals surface area contributed by atoms with Crippen molar-refractivity contribution in [3.63, 3.8) is 0 Å². The van der Waals surface area contributed by atoms with E-state index in [2.05, 4.69) is 21.2 Å². The van der Waals surface area contributed by atoms with E-state index >= 15 is 0 Å². The van der Waals surface area contributed by atoms with E-state index in [1.54, 1.807) is 0 Å². The molecule has 1 amide bonds. The summed E-state index contributed by atoms with van der Waals surface area (Å²) in [5.41, 5.74) is 0.890. The van der Waals surface area contributed by atoms with Crippen LogP contribution in [0.5, 0.6) is 0 Å². The zero-order valence-corrected chi connectivity index (χ0v) is 11.9. The van der Waals surface area contributed by atoms with Gasteiger partial charge in [0.05, 0.1) is 12.6 Å². The first-order valence-electron chi connectivity index (χ1n) is 5.42. The minimum atomic E-state index is -0.382. The predicted octanol–water partition coefficient (Wildman–Crippen LogP) is 2.97. The molecule has 1 heterocycles. The number of aliphatic hydroxyl groups is 1. The quantitative estimate of drug-likeness (QED) is 0.907. The number of hydrogen-bond acceptors (Lipinski definition) is 3. The maximum Gasteiger partial charge on any atom is 0.263 e. The van der Waals surface area contributed by atoms with E-state index in [1.165, 1.54) is 11.3 Å². The molecule has 0 bridgehead atoms. The Bertz CT molecular complexity index is 527. The van der Waals surface area contributed by atoms with Gasteiger partial charge in [-0.2, -0.15) is 0 Å². The van der Waals surface area contributed by atoms with Gasteiger partial charge in [0.2, 0.25) is 0 Å². The van der Waals surface area contributed by atoms with Crippen LogP contribution in [-0.2, 0) is 0 Å². The van der Waals surface area contributed by atoms with E-state index in [0.717, 1.165) is 10.0 Å². The van der Waals surface area contributed by atoms with Crippen molar-refractivity contribution >= 4 is 33.2 Å². The van der Waals surface area contributed by atoms with Crippen LogP contribution in [0.15, 0.2) is 46.3 Å². The van der Waals surface area contributed by atoms with E-state index in [1.807, 2.05) is 41.8 Å². The Kier molecular flexibility index (Phi) is 4.52. The van der Waals surface area contributed by atoms with Gasteiger partial charge in [0, 0.05) is 4.47 Å². The first-order valence-corrected chi connectivity index (χ1v) is 7.09. The fourth-order valence-corrected chi connectivity index (χ4v) is 3.05. The third kappa shape index (κ3) is 2.98. The summed E-state index contributed by atoms with van der Waals surface area (Å²) < 4.78 is 0.773. The molecule has 2 aromatic rings. The molecule has 94 valence electrons. The minimum absolute atomic E-state index is 0.126. The molecule has 3 nitrogen and oxygen atoms in total. The molecule has 0 unspecified atom stereocenters. The van der Waals surface area contributed by atoms with E-state index in [4.69, 9.17) is 0 Å². The molecule has 2 N–H and O–H groups in total. The molecule has 0 saturated heterocycles. The summed E-state index contributed by atoms with van der Waals surface area (Å²) in [6, 6.07) is 10.9. The third-order valence-corrected chi connectivity index (χ3v) is 4.35. The Hall–Kier alpha value is -1.17. The van der Waals surface area contributed by atoms with Gasteiger partial charge in [0.1, 0.15) is 4.88 Å². The summed E-state index contributed by atoms with van der Waals surface area (Å²) in [5, 5.41) is 14.0. The van der Waals surface area contributed by atoms with Crippen molar-refractivity contribution in [1.82, 2.24) is 5.32 Å². The standard InChI is InChI=1S/C13H12BrNO2S/c14-10-6-7-18-12(10)13(17)15-11(8-16)9-4-2-1-3-5-9/h1-7,11,16H,8H2,(H,15,17)/t11-/m1/s1. The molecule has 0 aliphatic carbocycles. The number of benzene rings is 1. The molecule has 5 heteroatoms. The van der Waals surface area contributed by atoms with Gasteiger partial charge in [-0.05, 0) is 32.9 Å². The molecule has 0 saturated carbocycles. The number of hydrogen-bond donors (Lipinski definition) is 2. The fraction of sp³-hybridized carbons (Fsp3) is 0.154. The first-order chi connectivity index (χ1) is 8.72. The van der Waals surface area contributed by atoms with Crippen molar-refractivity contribution in [2.24, 2.45) is 0 Å². The Morgan fingerprint density at radius 3 is 2.61 bits per heavy atom. The lowest BCUT2D eigenvalue weighted by Crippen LogP contribution is -2.30. The summed E-state index contributed by atoms with van der Waals surface area (Å²) >= 11 is 4.69. The van der Waals surface area contributed by atoms with Crippen LogP contribution in [0.1, 0.15) is 21.3 Å². The number of thiophene rings is 1. The van der Waals surface area contributed by atoms with Crippen molar-refractivity contribution in [3.05, 3.63) is 56.7 Å². The van der Waals surface area contributed by atoms with Gasteiger partial charge < -0.3 is 10.4 Å². The van der Waals surface area contributed by atoms with Gasteiger partial charge in [0.25, 0.3) is 5.91 Å². The highest BCUT2D eigenvalue weighted by atomic mass is 79.9. The van der Waals surface area contributed by atoms with Crippen LogP contribution in [0.25, 0.3) is 0 Å². The average molecular weight is 326 g/mol. The monoisotopic (exact) mass is 325 g/mol. The van der Waals surface area contributed by atoms with Crippen molar-refractivity contribution in [2.75, 3.05) is 6.61 Å². The number of carbonyl (C=O) groups excluding carboxylic acids is 1. The van der Waals surface area contributed by atoms with Crippen LogP contribution in [0.3, 0.4) is 0 Å². The van der Waals surface area contributed by atoms with Gasteiger partial charge in [-0.15, -0.1) is 11.3 Å². The molecule has 0 spiro atoms. The molecule has 0 radical (unpaired) electrons. The normalized spacial score (nSPS) is 12.1. The van der Waals surface area contributed by atoms with Gasteiger partial charge >= 0.3 is 0 Å². The molecule has 0 fully saturated rings. The lowest BCUT2D eigenvalue weighted by atomic mass is 10.1. The minimum Gasteiger partial charge on any atom is -0.394 e. The zero-order valence-electron chi connectivity index (χ0n) is 9.47. The Morgan fingerprint density at radius 1 is 1.33 bits per heavy atom. The topological polar surface area (TPSA) is 49.3 Å². The second kappa shape index (κ2) is 6.13. The maximum atomic E-state index is 12.0. The number of amides is 1. The number of halogens is 1. The summed E-state index contributed by atoms with van der Waals surface area (Å²) in [4.78, 5) is 12.6. The number of nitrogens with one attached hydrogen (secondary N) is 1. The van der Waals surface area contributed by atoms with Crippen LogP contribution < -0.4 is 5.32 Å². The molecule has 0 aliphatic heterocycles. The fourth-order valence-electron chi connectivity index (χ4n) is 1.60. The van der Waals surface area contributed by atoms with Crippen LogP contribution in [0, 0.1) is 0 Å². The second-order valence-corrected chi connectivity index (χ2v) is 5.49. The highest BCUT2D eigenvalue weighted by Gasteiger charge is 2.17. The van der Waals surface area contributed by atoms with Crippen LogP contribution in [-0.4, -0.2) is 17.6 Å². The van der Waals surface area contributed by atoms with Crippen molar-refractivity contribution < 1.29 is 9.90 Å². The summed E-state index contributed by atoms with van der Waals surface area (Å²) in [6.45, 7) is -0.126. The van der Waals surface area contributed by atoms with Crippen LogP contribution in [0.4, 0.5) is 0 Å². The first kappa shape index (κ1) is 13.3. The lowest BCUT2D eigenvalue weighted by molar-refractivity contribution is 0.0919. The molecule has 1 atom stereocenters. The van der Waals surface area contributed by atoms with Crippen molar-refractivity contribution in [2.45, 2.75) is 6.04 Å². The molecule has 1 aromatic heterocycles. The van der Waals surface area contributed by atoms with E-state index in [-0.39, 0.29) is 18.6 Å². The molecular weight excluding hydrogens is 314 g/mol. The number of aliphatic hydroxyl groups excluding tert-OH is 1. The summed E-state index contributed by atoms with van der Waals surface area (Å²) in [7, 11) is 0. The van der Waals surface area contributed by atoms with Gasteiger partial charge in [-0.25, -0.2) is 0 Å². The molecule has 1 aromatic carbocycles. The maximum absolute atomic E-state index is 12.0. The highest BCUT2D eigenvalue weighted by molar-refractivity contribution is 9.10. The van der Waals surface area contributed by atoms with E-state index in [9.17, 15) is 9.90 Å².